The second-order valence-corrected chi connectivity index (χ2v) is 7.95. The van der Waals surface area contributed by atoms with Crippen molar-refractivity contribution in [3.63, 3.8) is 0 Å². The molecule has 8 heteroatoms. The van der Waals surface area contributed by atoms with Crippen molar-refractivity contribution in [2.45, 2.75) is 31.5 Å². The Labute approximate surface area is 135 Å². The summed E-state index contributed by atoms with van der Waals surface area (Å²) in [5, 5.41) is 8.96. The highest BCUT2D eigenvalue weighted by atomic mass is 32.2. The summed E-state index contributed by atoms with van der Waals surface area (Å²) in [6.07, 6.45) is 0.642. The van der Waals surface area contributed by atoms with Crippen LogP contribution in [0.1, 0.15) is 24.0 Å². The van der Waals surface area contributed by atoms with E-state index in [0.717, 1.165) is 11.1 Å². The largest absolute Gasteiger partial charge is 0.481 e. The number of carbonyl (C=O) groups is 1. The van der Waals surface area contributed by atoms with Crippen LogP contribution in [0.25, 0.3) is 0 Å². The second kappa shape index (κ2) is 5.86. The lowest BCUT2D eigenvalue weighted by molar-refractivity contribution is -0.161. The van der Waals surface area contributed by atoms with Crippen LogP contribution in [-0.4, -0.2) is 43.1 Å². The van der Waals surface area contributed by atoms with Gasteiger partial charge in [-0.1, -0.05) is 24.3 Å². The Balaban J connectivity index is 1.61. The van der Waals surface area contributed by atoms with Crippen LogP contribution in [0.3, 0.4) is 0 Å². The minimum atomic E-state index is -3.63. The number of aliphatic carboxylic acids is 1. The molecule has 2 aliphatic rings. The Morgan fingerprint density at radius 3 is 2.39 bits per heavy atom. The lowest BCUT2D eigenvalue weighted by Gasteiger charge is -2.44. The molecule has 2 N–H and O–H groups in total. The fourth-order valence-corrected chi connectivity index (χ4v) is 4.43. The molecule has 1 aromatic rings. The molecule has 7 nitrogen and oxygen atoms in total. The molecule has 0 atom stereocenters. The highest BCUT2D eigenvalue weighted by Gasteiger charge is 2.48. The van der Waals surface area contributed by atoms with E-state index in [2.05, 4.69) is 4.72 Å². The molecule has 0 bridgehead atoms. The van der Waals surface area contributed by atoms with Crippen LogP contribution >= 0.6 is 0 Å². The molecule has 1 fully saturated rings. The van der Waals surface area contributed by atoms with Crippen LogP contribution in [0, 0.1) is 5.92 Å². The van der Waals surface area contributed by atoms with Crippen molar-refractivity contribution < 1.29 is 23.1 Å². The molecule has 0 amide bonds. The molecule has 0 spiro atoms. The SMILES string of the molecule is COC1(CNS(=O)(=O)N2Cc3ccccc3C2)CC(C(=O)O)C1. The van der Waals surface area contributed by atoms with E-state index in [1.165, 1.54) is 11.4 Å². The van der Waals surface area contributed by atoms with Crippen LogP contribution < -0.4 is 4.72 Å². The Morgan fingerprint density at radius 2 is 1.91 bits per heavy atom. The Bertz CT molecular complexity index is 687. The molecule has 126 valence electrons. The quantitative estimate of drug-likeness (QED) is 0.795. The monoisotopic (exact) mass is 340 g/mol. The van der Waals surface area contributed by atoms with E-state index in [0.29, 0.717) is 25.9 Å². The van der Waals surface area contributed by atoms with Crippen molar-refractivity contribution in [1.82, 2.24) is 9.03 Å². The number of rotatable bonds is 6. The van der Waals surface area contributed by atoms with Gasteiger partial charge in [0, 0.05) is 26.7 Å². The topological polar surface area (TPSA) is 95.9 Å². The number of hydrogen-bond donors (Lipinski definition) is 2. The molecule has 1 saturated carbocycles. The minimum Gasteiger partial charge on any atom is -0.481 e. The van der Waals surface area contributed by atoms with E-state index in [4.69, 9.17) is 9.84 Å². The van der Waals surface area contributed by atoms with E-state index in [1.54, 1.807) is 0 Å². The van der Waals surface area contributed by atoms with E-state index < -0.39 is 27.7 Å². The van der Waals surface area contributed by atoms with Gasteiger partial charge in [0.25, 0.3) is 10.2 Å². The van der Waals surface area contributed by atoms with E-state index >= 15 is 0 Å². The van der Waals surface area contributed by atoms with Crippen LogP contribution in [0.4, 0.5) is 0 Å². The lowest BCUT2D eigenvalue weighted by Crippen LogP contribution is -2.56. The maximum absolute atomic E-state index is 12.5. The molecule has 1 aliphatic carbocycles. The summed E-state index contributed by atoms with van der Waals surface area (Å²) in [6.45, 7) is 0.787. The first-order chi connectivity index (χ1) is 10.9. The zero-order valence-corrected chi connectivity index (χ0v) is 13.7. The first kappa shape index (κ1) is 16.4. The van der Waals surface area contributed by atoms with E-state index in [9.17, 15) is 13.2 Å². The Morgan fingerprint density at radius 1 is 1.35 bits per heavy atom. The predicted octanol–water partition coefficient (Wildman–Crippen LogP) is 0.716. The second-order valence-electron chi connectivity index (χ2n) is 6.19. The molecule has 0 radical (unpaired) electrons. The van der Waals surface area contributed by atoms with Gasteiger partial charge in [-0.2, -0.15) is 17.4 Å². The van der Waals surface area contributed by atoms with Gasteiger partial charge in [0.2, 0.25) is 0 Å². The normalized spacial score (nSPS) is 27.4. The number of nitrogens with one attached hydrogen (secondary N) is 1. The number of ether oxygens (including phenoxy) is 1. The van der Waals surface area contributed by atoms with E-state index in [-0.39, 0.29) is 6.54 Å². The van der Waals surface area contributed by atoms with Gasteiger partial charge in [0.05, 0.1) is 11.5 Å². The first-order valence-electron chi connectivity index (χ1n) is 7.45. The van der Waals surface area contributed by atoms with Crippen LogP contribution in [0.2, 0.25) is 0 Å². The molecule has 1 aromatic carbocycles. The van der Waals surface area contributed by atoms with Gasteiger partial charge in [-0.05, 0) is 24.0 Å². The predicted molar refractivity (Wildman–Crippen MR) is 82.7 cm³/mol. The summed E-state index contributed by atoms with van der Waals surface area (Å²) in [5.41, 5.74) is 1.30. The van der Waals surface area contributed by atoms with Gasteiger partial charge in [0.15, 0.2) is 0 Å². The third-order valence-corrected chi connectivity index (χ3v) is 6.19. The van der Waals surface area contributed by atoms with Gasteiger partial charge < -0.3 is 9.84 Å². The molecule has 0 aromatic heterocycles. The first-order valence-corrected chi connectivity index (χ1v) is 8.89. The summed E-state index contributed by atoms with van der Waals surface area (Å²) >= 11 is 0. The summed E-state index contributed by atoms with van der Waals surface area (Å²) < 4.78 is 34.2. The Hall–Kier alpha value is -1.48. The lowest BCUT2D eigenvalue weighted by atomic mass is 9.71. The standard InChI is InChI=1S/C15H20N2O5S/c1-22-15(6-13(7-15)14(18)19)10-16-23(20,21)17-8-11-4-2-3-5-12(11)9-17/h2-5,13,16H,6-10H2,1H3,(H,18,19). The highest BCUT2D eigenvalue weighted by molar-refractivity contribution is 7.87. The maximum Gasteiger partial charge on any atom is 0.306 e. The molecule has 23 heavy (non-hydrogen) atoms. The summed E-state index contributed by atoms with van der Waals surface area (Å²) in [5.74, 6) is -1.33. The molecule has 0 unspecified atom stereocenters. The van der Waals surface area contributed by atoms with Crippen LogP contribution in [0.5, 0.6) is 0 Å². The van der Waals surface area contributed by atoms with Crippen molar-refractivity contribution in [2.75, 3.05) is 13.7 Å². The summed E-state index contributed by atoms with van der Waals surface area (Å²) in [6, 6.07) is 7.63. The van der Waals surface area contributed by atoms with Crippen LogP contribution in [0.15, 0.2) is 24.3 Å². The summed E-state index contributed by atoms with van der Waals surface area (Å²) in [7, 11) is -2.14. The minimum absolute atomic E-state index is 0.0858. The smallest absolute Gasteiger partial charge is 0.306 e. The number of carboxylic acids is 1. The molecule has 1 aliphatic heterocycles. The summed E-state index contributed by atoms with van der Waals surface area (Å²) in [4.78, 5) is 10.9. The molecule has 3 rings (SSSR count). The Kier molecular flexibility index (Phi) is 4.18. The van der Waals surface area contributed by atoms with Crippen molar-refractivity contribution >= 4 is 16.2 Å². The molecular weight excluding hydrogens is 320 g/mol. The zero-order chi connectivity index (χ0) is 16.7. The van der Waals surface area contributed by atoms with Crippen molar-refractivity contribution in [3.8, 4) is 0 Å². The van der Waals surface area contributed by atoms with E-state index in [1.807, 2.05) is 24.3 Å². The third kappa shape index (κ3) is 3.12. The maximum atomic E-state index is 12.5. The van der Waals surface area contributed by atoms with Gasteiger partial charge in [0.1, 0.15) is 0 Å². The number of fused-ring (bicyclic) bond motifs is 1. The number of benzene rings is 1. The van der Waals surface area contributed by atoms with Gasteiger partial charge in [-0.15, -0.1) is 0 Å². The number of hydrogen-bond acceptors (Lipinski definition) is 4. The number of nitrogens with zero attached hydrogens (tertiary/aromatic N) is 1. The molecule has 0 saturated heterocycles. The zero-order valence-electron chi connectivity index (χ0n) is 12.9. The fraction of sp³-hybridized carbons (Fsp3) is 0.533. The average Bonchev–Trinajstić information content (AvgIpc) is 2.91. The third-order valence-electron chi connectivity index (χ3n) is 4.75. The highest BCUT2D eigenvalue weighted by Crippen LogP contribution is 2.40. The number of methoxy groups -OCH3 is 1. The van der Waals surface area contributed by atoms with Crippen molar-refractivity contribution in [1.29, 1.82) is 0 Å². The number of carboxylic acid groups (broad SMARTS) is 1. The van der Waals surface area contributed by atoms with Gasteiger partial charge >= 0.3 is 5.97 Å². The van der Waals surface area contributed by atoms with Gasteiger partial charge in [-0.3, -0.25) is 4.79 Å². The van der Waals surface area contributed by atoms with Gasteiger partial charge in [-0.25, -0.2) is 0 Å². The average molecular weight is 340 g/mol. The molecular formula is C15H20N2O5S. The fourth-order valence-electron chi connectivity index (χ4n) is 3.18. The molecule has 1 heterocycles. The van der Waals surface area contributed by atoms with Crippen molar-refractivity contribution in [3.05, 3.63) is 35.4 Å². The van der Waals surface area contributed by atoms with Crippen LogP contribution in [-0.2, 0) is 32.8 Å². The van der Waals surface area contributed by atoms with Crippen molar-refractivity contribution in [2.24, 2.45) is 5.92 Å².